The molecule has 2 aromatic rings. The van der Waals surface area contributed by atoms with Gasteiger partial charge in [-0.15, -0.1) is 0 Å². The lowest BCUT2D eigenvalue weighted by Gasteiger charge is -2.09. The minimum Gasteiger partial charge on any atom is -0.452 e. The number of nitrogen functional groups attached to an aromatic ring is 1. The Hall–Kier alpha value is -2.54. The summed E-state index contributed by atoms with van der Waals surface area (Å²) >= 11 is 0. The van der Waals surface area contributed by atoms with E-state index in [0.717, 1.165) is 5.56 Å². The van der Waals surface area contributed by atoms with Gasteiger partial charge in [0.05, 0.1) is 17.4 Å². The van der Waals surface area contributed by atoms with Crippen LogP contribution >= 0.6 is 0 Å². The highest BCUT2D eigenvalue weighted by atomic mass is 16.5. The fourth-order valence-corrected chi connectivity index (χ4v) is 1.40. The summed E-state index contributed by atoms with van der Waals surface area (Å²) in [6.07, 6.45) is 3.05. The number of nitrogens with two attached hydrogens (primary N) is 1. The van der Waals surface area contributed by atoms with E-state index in [0.29, 0.717) is 22.7 Å². The molecule has 2 N–H and O–H groups in total. The summed E-state index contributed by atoms with van der Waals surface area (Å²) in [5.74, 6) is 0.946. The summed E-state index contributed by atoms with van der Waals surface area (Å²) < 4.78 is 5.60. The number of hydrogen-bond donors (Lipinski definition) is 1. The number of nitrogens with zero attached hydrogens (tertiary/aromatic N) is 2. The van der Waals surface area contributed by atoms with Crippen LogP contribution in [0, 0.1) is 18.3 Å². The van der Waals surface area contributed by atoms with Crippen molar-refractivity contribution in [2.75, 3.05) is 5.73 Å². The Bertz CT molecular complexity index is 587. The fourth-order valence-electron chi connectivity index (χ4n) is 1.40. The van der Waals surface area contributed by atoms with Gasteiger partial charge in [0.15, 0.2) is 11.5 Å². The molecule has 1 aromatic heterocycles. The largest absolute Gasteiger partial charge is 0.452 e. The monoisotopic (exact) mass is 225 g/mol. The van der Waals surface area contributed by atoms with Gasteiger partial charge < -0.3 is 10.5 Å². The quantitative estimate of drug-likeness (QED) is 0.797. The van der Waals surface area contributed by atoms with Crippen LogP contribution in [0.4, 0.5) is 5.69 Å². The smallest absolute Gasteiger partial charge is 0.163 e. The highest BCUT2D eigenvalue weighted by Crippen LogP contribution is 2.29. The Labute approximate surface area is 99.3 Å². The summed E-state index contributed by atoms with van der Waals surface area (Å²) in [6.45, 7) is 1.95. The van der Waals surface area contributed by atoms with Crippen LogP contribution in [0.25, 0.3) is 0 Å². The minimum atomic E-state index is 0.410. The number of aromatic nitrogens is 1. The predicted octanol–water partition coefficient (Wildman–Crippen LogP) is 2.64. The molecule has 0 radical (unpaired) electrons. The summed E-state index contributed by atoms with van der Waals surface area (Å²) in [5.41, 5.74) is 7.80. The van der Waals surface area contributed by atoms with Crippen LogP contribution in [0.5, 0.6) is 11.5 Å². The van der Waals surface area contributed by atoms with Crippen LogP contribution in [0.2, 0.25) is 0 Å². The summed E-state index contributed by atoms with van der Waals surface area (Å²) in [5, 5.41) is 8.93. The average Bonchev–Trinajstić information content (AvgIpc) is 2.34. The van der Waals surface area contributed by atoms with Crippen LogP contribution in [-0.2, 0) is 0 Å². The molecule has 1 heterocycles. The van der Waals surface area contributed by atoms with Crippen molar-refractivity contribution in [2.45, 2.75) is 6.92 Å². The number of ether oxygens (including phenoxy) is 1. The minimum absolute atomic E-state index is 0.410. The first-order valence-corrected chi connectivity index (χ1v) is 5.09. The maximum Gasteiger partial charge on any atom is 0.163 e. The van der Waals surface area contributed by atoms with Crippen molar-refractivity contribution in [1.82, 2.24) is 4.98 Å². The van der Waals surface area contributed by atoms with Gasteiger partial charge >= 0.3 is 0 Å². The Balaban J connectivity index is 2.38. The third kappa shape index (κ3) is 2.34. The lowest BCUT2D eigenvalue weighted by molar-refractivity contribution is 0.480. The molecule has 84 valence electrons. The van der Waals surface area contributed by atoms with Crippen LogP contribution in [-0.4, -0.2) is 4.98 Å². The molecule has 17 heavy (non-hydrogen) atoms. The van der Waals surface area contributed by atoms with Crippen LogP contribution in [0.3, 0.4) is 0 Å². The Morgan fingerprint density at radius 1 is 1.29 bits per heavy atom. The highest BCUT2D eigenvalue weighted by molar-refractivity contribution is 5.56. The molecule has 0 fully saturated rings. The van der Waals surface area contributed by atoms with Gasteiger partial charge in [0.2, 0.25) is 0 Å². The predicted molar refractivity (Wildman–Crippen MR) is 64.6 cm³/mol. The molecule has 4 heteroatoms. The first-order valence-electron chi connectivity index (χ1n) is 5.09. The molecule has 0 spiro atoms. The second-order valence-corrected chi connectivity index (χ2v) is 3.63. The van der Waals surface area contributed by atoms with Crippen molar-refractivity contribution in [1.29, 1.82) is 5.26 Å². The Morgan fingerprint density at radius 2 is 2.12 bits per heavy atom. The second-order valence-electron chi connectivity index (χ2n) is 3.63. The molecule has 0 unspecified atom stereocenters. The first-order chi connectivity index (χ1) is 8.20. The maximum atomic E-state index is 8.93. The van der Waals surface area contributed by atoms with Gasteiger partial charge in [-0.1, -0.05) is 6.07 Å². The van der Waals surface area contributed by atoms with Crippen molar-refractivity contribution < 1.29 is 4.74 Å². The molecule has 0 saturated heterocycles. The molecule has 0 saturated carbocycles. The van der Waals surface area contributed by atoms with E-state index >= 15 is 0 Å². The van der Waals surface area contributed by atoms with Gasteiger partial charge in [0.1, 0.15) is 6.07 Å². The van der Waals surface area contributed by atoms with E-state index < -0.39 is 0 Å². The van der Waals surface area contributed by atoms with E-state index in [1.165, 1.54) is 6.20 Å². The lowest BCUT2D eigenvalue weighted by atomic mass is 10.2. The molecule has 2 rings (SSSR count). The standard InChI is InChI=1S/C13H11N3O/c1-9-2-3-11(15)12(6-9)17-13-8-16-5-4-10(13)7-14/h2-6,8H,15H2,1H3. The van der Waals surface area contributed by atoms with Gasteiger partial charge in [-0.05, 0) is 30.7 Å². The maximum absolute atomic E-state index is 8.93. The van der Waals surface area contributed by atoms with E-state index in [2.05, 4.69) is 4.98 Å². The van der Waals surface area contributed by atoms with Crippen molar-refractivity contribution in [3.05, 3.63) is 47.8 Å². The second kappa shape index (κ2) is 4.54. The number of aryl methyl sites for hydroxylation is 1. The number of rotatable bonds is 2. The molecule has 0 aliphatic carbocycles. The molecule has 4 nitrogen and oxygen atoms in total. The number of hydrogen-bond acceptors (Lipinski definition) is 4. The van der Waals surface area contributed by atoms with Gasteiger partial charge in [0.25, 0.3) is 0 Å². The molecule has 0 aliphatic heterocycles. The molecule has 0 atom stereocenters. The van der Waals surface area contributed by atoms with Gasteiger partial charge in [-0.3, -0.25) is 4.98 Å². The van der Waals surface area contributed by atoms with Crippen molar-refractivity contribution >= 4 is 5.69 Å². The third-order valence-corrected chi connectivity index (χ3v) is 2.29. The van der Waals surface area contributed by atoms with E-state index in [4.69, 9.17) is 15.7 Å². The SMILES string of the molecule is Cc1ccc(N)c(Oc2cnccc2C#N)c1. The first kappa shape index (κ1) is 11.0. The number of nitriles is 1. The third-order valence-electron chi connectivity index (χ3n) is 2.29. The van der Waals surface area contributed by atoms with Crippen molar-refractivity contribution in [2.24, 2.45) is 0 Å². The zero-order valence-corrected chi connectivity index (χ0v) is 9.34. The number of benzene rings is 1. The van der Waals surface area contributed by atoms with Gasteiger partial charge in [-0.25, -0.2) is 0 Å². The van der Waals surface area contributed by atoms with Gasteiger partial charge in [0, 0.05) is 6.20 Å². The lowest BCUT2D eigenvalue weighted by Crippen LogP contribution is -1.94. The van der Waals surface area contributed by atoms with Crippen molar-refractivity contribution in [3.8, 4) is 17.6 Å². The molecular weight excluding hydrogens is 214 g/mol. The summed E-state index contributed by atoms with van der Waals surface area (Å²) in [4.78, 5) is 3.92. The van der Waals surface area contributed by atoms with E-state index in [-0.39, 0.29) is 0 Å². The zero-order valence-electron chi connectivity index (χ0n) is 9.34. The fraction of sp³-hybridized carbons (Fsp3) is 0.0769. The number of pyridine rings is 1. The van der Waals surface area contributed by atoms with E-state index in [1.54, 1.807) is 18.3 Å². The molecule has 0 aliphatic rings. The van der Waals surface area contributed by atoms with Crippen LogP contribution < -0.4 is 10.5 Å². The van der Waals surface area contributed by atoms with Crippen LogP contribution in [0.15, 0.2) is 36.7 Å². The van der Waals surface area contributed by atoms with E-state index in [9.17, 15) is 0 Å². The summed E-state index contributed by atoms with van der Waals surface area (Å²) in [7, 11) is 0. The molecule has 0 amide bonds. The Kier molecular flexibility index (Phi) is 2.93. The Morgan fingerprint density at radius 3 is 2.88 bits per heavy atom. The molecular formula is C13H11N3O. The molecule has 1 aromatic carbocycles. The topological polar surface area (TPSA) is 71.9 Å². The zero-order chi connectivity index (χ0) is 12.3. The van der Waals surface area contributed by atoms with E-state index in [1.807, 2.05) is 25.1 Å². The van der Waals surface area contributed by atoms with Gasteiger partial charge in [-0.2, -0.15) is 5.26 Å². The van der Waals surface area contributed by atoms with Crippen molar-refractivity contribution in [3.63, 3.8) is 0 Å². The average molecular weight is 225 g/mol. The normalized spacial score (nSPS) is 9.65. The summed E-state index contributed by atoms with van der Waals surface area (Å²) in [6, 6.07) is 9.14. The highest BCUT2D eigenvalue weighted by Gasteiger charge is 2.06. The number of anilines is 1. The molecule has 0 bridgehead atoms. The van der Waals surface area contributed by atoms with Crippen LogP contribution in [0.1, 0.15) is 11.1 Å².